The van der Waals surface area contributed by atoms with Gasteiger partial charge in [-0.2, -0.15) is 5.26 Å². The number of pyridine rings is 1. The lowest BCUT2D eigenvalue weighted by Gasteiger charge is -2.07. The summed E-state index contributed by atoms with van der Waals surface area (Å²) in [4.78, 5) is 14.4. The number of rotatable bonds is 4. The molecule has 2 rings (SSSR count). The molecule has 0 fully saturated rings. The molecule has 1 heterocycles. The van der Waals surface area contributed by atoms with Crippen LogP contribution in [0.5, 0.6) is 0 Å². The quantitative estimate of drug-likeness (QED) is 0.680. The molecule has 20 heavy (non-hydrogen) atoms. The van der Waals surface area contributed by atoms with Gasteiger partial charge in [0.2, 0.25) is 0 Å². The van der Waals surface area contributed by atoms with E-state index in [0.717, 1.165) is 11.3 Å². The average Bonchev–Trinajstić information content (AvgIpc) is 2.46. The van der Waals surface area contributed by atoms with Crippen molar-refractivity contribution in [3.05, 3.63) is 63.5 Å². The third kappa shape index (κ3) is 3.09. The van der Waals surface area contributed by atoms with Gasteiger partial charge in [0.1, 0.15) is 6.07 Å². The first-order valence-electron chi connectivity index (χ1n) is 5.94. The molecule has 2 aromatic rings. The number of aryl methyl sites for hydroxylation is 1. The second-order valence-electron chi connectivity index (χ2n) is 4.28. The smallest absolute Gasteiger partial charge is 0.270 e. The zero-order valence-electron chi connectivity index (χ0n) is 10.8. The summed E-state index contributed by atoms with van der Waals surface area (Å²) in [6.45, 7) is 2.40. The SMILES string of the molecule is Cc1ccc(CNc2ccc([N+](=O)[O-])cc2C#N)nc1. The lowest BCUT2D eigenvalue weighted by atomic mass is 10.1. The molecule has 1 aromatic carbocycles. The molecule has 1 aromatic heterocycles. The van der Waals surface area contributed by atoms with Crippen molar-refractivity contribution in [2.75, 3.05) is 5.32 Å². The van der Waals surface area contributed by atoms with Gasteiger partial charge in [0.25, 0.3) is 5.69 Å². The van der Waals surface area contributed by atoms with Gasteiger partial charge < -0.3 is 5.32 Å². The number of nitrogens with one attached hydrogen (secondary N) is 1. The van der Waals surface area contributed by atoms with Crippen LogP contribution in [0.3, 0.4) is 0 Å². The van der Waals surface area contributed by atoms with E-state index in [4.69, 9.17) is 5.26 Å². The van der Waals surface area contributed by atoms with Crippen molar-refractivity contribution in [2.45, 2.75) is 13.5 Å². The number of benzene rings is 1. The first kappa shape index (κ1) is 13.5. The average molecular weight is 268 g/mol. The van der Waals surface area contributed by atoms with E-state index in [-0.39, 0.29) is 11.3 Å². The Kier molecular flexibility index (Phi) is 3.91. The Hall–Kier alpha value is -2.94. The van der Waals surface area contributed by atoms with Crippen LogP contribution in [0.4, 0.5) is 11.4 Å². The highest BCUT2D eigenvalue weighted by Crippen LogP contribution is 2.21. The van der Waals surface area contributed by atoms with E-state index < -0.39 is 4.92 Å². The van der Waals surface area contributed by atoms with E-state index in [1.165, 1.54) is 18.2 Å². The number of nitro benzene ring substituents is 1. The molecule has 6 heteroatoms. The van der Waals surface area contributed by atoms with Gasteiger partial charge in [-0.05, 0) is 24.6 Å². The molecule has 0 spiro atoms. The highest BCUT2D eigenvalue weighted by Gasteiger charge is 2.10. The van der Waals surface area contributed by atoms with Crippen LogP contribution < -0.4 is 5.32 Å². The Morgan fingerprint density at radius 1 is 1.40 bits per heavy atom. The van der Waals surface area contributed by atoms with Gasteiger partial charge in [-0.25, -0.2) is 0 Å². The van der Waals surface area contributed by atoms with Crippen LogP contribution in [0.2, 0.25) is 0 Å². The largest absolute Gasteiger partial charge is 0.378 e. The number of hydrogen-bond acceptors (Lipinski definition) is 5. The van der Waals surface area contributed by atoms with E-state index in [1.54, 1.807) is 6.20 Å². The molecule has 0 aliphatic heterocycles. The lowest BCUT2D eigenvalue weighted by molar-refractivity contribution is -0.384. The Balaban J connectivity index is 2.15. The monoisotopic (exact) mass is 268 g/mol. The molecule has 0 bridgehead atoms. The van der Waals surface area contributed by atoms with Gasteiger partial charge in [-0.3, -0.25) is 15.1 Å². The van der Waals surface area contributed by atoms with Gasteiger partial charge in [-0.1, -0.05) is 6.07 Å². The fourth-order valence-corrected chi connectivity index (χ4v) is 1.68. The fraction of sp³-hybridized carbons (Fsp3) is 0.143. The zero-order chi connectivity index (χ0) is 14.5. The number of nitro groups is 1. The molecule has 0 atom stereocenters. The van der Waals surface area contributed by atoms with Crippen molar-refractivity contribution in [3.8, 4) is 6.07 Å². The van der Waals surface area contributed by atoms with Gasteiger partial charge >= 0.3 is 0 Å². The molecule has 1 N–H and O–H groups in total. The number of nitriles is 1. The predicted octanol–water partition coefficient (Wildman–Crippen LogP) is 2.78. The van der Waals surface area contributed by atoms with Crippen LogP contribution >= 0.6 is 0 Å². The number of hydrogen-bond donors (Lipinski definition) is 1. The molecule has 0 aliphatic rings. The first-order valence-corrected chi connectivity index (χ1v) is 5.94. The molecule has 0 amide bonds. The van der Waals surface area contributed by atoms with Crippen molar-refractivity contribution >= 4 is 11.4 Å². The third-order valence-electron chi connectivity index (χ3n) is 2.77. The van der Waals surface area contributed by atoms with E-state index in [1.807, 2.05) is 25.1 Å². The second-order valence-corrected chi connectivity index (χ2v) is 4.28. The Labute approximate surface area is 115 Å². The summed E-state index contributed by atoms with van der Waals surface area (Å²) in [5, 5.41) is 22.7. The normalized spacial score (nSPS) is 9.80. The maximum absolute atomic E-state index is 10.7. The predicted molar refractivity (Wildman–Crippen MR) is 74.1 cm³/mol. The van der Waals surface area contributed by atoms with Crippen LogP contribution in [0.25, 0.3) is 0 Å². The van der Waals surface area contributed by atoms with E-state index in [0.29, 0.717) is 12.2 Å². The molecule has 0 aliphatic carbocycles. The first-order chi connectivity index (χ1) is 9.60. The summed E-state index contributed by atoms with van der Waals surface area (Å²) < 4.78 is 0. The number of aromatic nitrogens is 1. The topological polar surface area (TPSA) is 91.9 Å². The summed E-state index contributed by atoms with van der Waals surface area (Å²) in [5.41, 5.74) is 2.60. The minimum Gasteiger partial charge on any atom is -0.378 e. The van der Waals surface area contributed by atoms with Crippen LogP contribution in [-0.4, -0.2) is 9.91 Å². The number of anilines is 1. The second kappa shape index (κ2) is 5.80. The molecule has 6 nitrogen and oxygen atoms in total. The minimum absolute atomic E-state index is 0.0967. The van der Waals surface area contributed by atoms with Crippen LogP contribution in [0.15, 0.2) is 36.5 Å². The fourth-order valence-electron chi connectivity index (χ4n) is 1.68. The molecular formula is C14H12N4O2. The molecule has 0 saturated carbocycles. The van der Waals surface area contributed by atoms with E-state index in [9.17, 15) is 10.1 Å². The lowest BCUT2D eigenvalue weighted by Crippen LogP contribution is -2.03. The molecule has 0 radical (unpaired) electrons. The molecule has 0 unspecified atom stereocenters. The van der Waals surface area contributed by atoms with Crippen molar-refractivity contribution in [1.29, 1.82) is 5.26 Å². The molecule has 0 saturated heterocycles. The maximum atomic E-state index is 10.7. The Morgan fingerprint density at radius 2 is 2.20 bits per heavy atom. The summed E-state index contributed by atoms with van der Waals surface area (Å²) in [6, 6.07) is 9.94. The van der Waals surface area contributed by atoms with Gasteiger partial charge in [-0.15, -0.1) is 0 Å². The molecular weight excluding hydrogens is 256 g/mol. The van der Waals surface area contributed by atoms with Gasteiger partial charge in [0, 0.05) is 18.3 Å². The molecule has 100 valence electrons. The summed E-state index contributed by atoms with van der Waals surface area (Å²) >= 11 is 0. The highest BCUT2D eigenvalue weighted by molar-refractivity contribution is 5.61. The van der Waals surface area contributed by atoms with Crippen molar-refractivity contribution in [3.63, 3.8) is 0 Å². The number of non-ortho nitro benzene ring substituents is 1. The van der Waals surface area contributed by atoms with Gasteiger partial charge in [0.15, 0.2) is 0 Å². The van der Waals surface area contributed by atoms with Crippen molar-refractivity contribution in [2.24, 2.45) is 0 Å². The maximum Gasteiger partial charge on any atom is 0.270 e. The highest BCUT2D eigenvalue weighted by atomic mass is 16.6. The third-order valence-corrected chi connectivity index (χ3v) is 2.77. The Bertz CT molecular complexity index is 675. The van der Waals surface area contributed by atoms with Crippen LogP contribution in [-0.2, 0) is 6.54 Å². The summed E-state index contributed by atoms with van der Waals surface area (Å²) in [5.74, 6) is 0. The van der Waals surface area contributed by atoms with Gasteiger partial charge in [0.05, 0.1) is 28.4 Å². The van der Waals surface area contributed by atoms with Crippen LogP contribution in [0.1, 0.15) is 16.8 Å². The van der Waals surface area contributed by atoms with Crippen LogP contribution in [0, 0.1) is 28.4 Å². The zero-order valence-corrected chi connectivity index (χ0v) is 10.8. The summed E-state index contributed by atoms with van der Waals surface area (Å²) in [7, 11) is 0. The van der Waals surface area contributed by atoms with Crippen molar-refractivity contribution in [1.82, 2.24) is 4.98 Å². The summed E-state index contributed by atoms with van der Waals surface area (Å²) in [6.07, 6.45) is 1.76. The minimum atomic E-state index is -0.522. The van der Waals surface area contributed by atoms with E-state index >= 15 is 0 Å². The number of nitrogens with zero attached hydrogens (tertiary/aromatic N) is 3. The van der Waals surface area contributed by atoms with Crippen molar-refractivity contribution < 1.29 is 4.92 Å². The van der Waals surface area contributed by atoms with E-state index in [2.05, 4.69) is 10.3 Å². The standard InChI is InChI=1S/C14H12N4O2/c1-10-2-3-12(16-8-10)9-17-14-5-4-13(18(19)20)6-11(14)7-15/h2-6,8,17H,9H2,1H3. The Morgan fingerprint density at radius 3 is 2.80 bits per heavy atom.